The molecule has 7 rings (SSSR count). The maximum absolute atomic E-state index is 5.07. The number of pyridine rings is 1. The van der Waals surface area contributed by atoms with Gasteiger partial charge in [0.1, 0.15) is 5.52 Å². The van der Waals surface area contributed by atoms with E-state index < -0.39 is 0 Å². The van der Waals surface area contributed by atoms with Gasteiger partial charge in [-0.05, 0) is 99.8 Å². The van der Waals surface area contributed by atoms with Crippen molar-refractivity contribution in [3.05, 3.63) is 88.7 Å². The molecule has 7 aromatic rings. The molecule has 0 saturated heterocycles. The molecule has 0 aliphatic rings. The van der Waals surface area contributed by atoms with Crippen molar-refractivity contribution in [1.82, 2.24) is 9.38 Å². The first-order chi connectivity index (χ1) is 19.6. The average Bonchev–Trinajstić information content (AvgIpc) is 3.27. The lowest BCUT2D eigenvalue weighted by molar-refractivity contribution is -0.646. The summed E-state index contributed by atoms with van der Waals surface area (Å²) in [7, 11) is 2.14. The fraction of sp³-hybridized carbons (Fsp3) is 0.316. The molecule has 41 heavy (non-hydrogen) atoms. The number of hydrogen-bond donors (Lipinski definition) is 0. The van der Waals surface area contributed by atoms with Crippen molar-refractivity contribution in [2.24, 2.45) is 7.05 Å². The van der Waals surface area contributed by atoms with Gasteiger partial charge >= 0.3 is 0 Å². The van der Waals surface area contributed by atoms with Crippen LogP contribution in [0.15, 0.2) is 60.9 Å². The van der Waals surface area contributed by atoms with Crippen LogP contribution in [0.25, 0.3) is 60.3 Å². The predicted molar refractivity (Wildman–Crippen MR) is 175 cm³/mol. The summed E-state index contributed by atoms with van der Waals surface area (Å²) in [4.78, 5) is 5.07. The molecule has 0 radical (unpaired) electrons. The van der Waals surface area contributed by atoms with Crippen LogP contribution in [0.3, 0.4) is 0 Å². The summed E-state index contributed by atoms with van der Waals surface area (Å²) >= 11 is 0. The molecule has 0 aliphatic heterocycles. The van der Waals surface area contributed by atoms with Gasteiger partial charge in [-0.1, -0.05) is 71.9 Å². The second-order valence-electron chi connectivity index (χ2n) is 13.1. The molecule has 0 amide bonds. The third-order valence-corrected chi connectivity index (χ3v) is 9.43. The Bertz CT molecular complexity index is 2130. The van der Waals surface area contributed by atoms with Crippen molar-refractivity contribution in [3.8, 4) is 11.1 Å². The van der Waals surface area contributed by atoms with Crippen molar-refractivity contribution in [2.45, 2.75) is 73.1 Å². The van der Waals surface area contributed by atoms with Crippen LogP contribution >= 0.6 is 0 Å². The van der Waals surface area contributed by atoms with Crippen LogP contribution in [0.1, 0.15) is 87.1 Å². The predicted octanol–water partition coefficient (Wildman–Crippen LogP) is 9.86. The Labute approximate surface area is 242 Å². The lowest BCUT2D eigenvalue weighted by Gasteiger charge is -2.24. The number of fused-ring (bicyclic) bond motifs is 5. The molecule has 206 valence electrons. The molecule has 3 heterocycles. The van der Waals surface area contributed by atoms with Gasteiger partial charge in [0.05, 0.1) is 34.4 Å². The van der Waals surface area contributed by atoms with Crippen LogP contribution in [0, 0.1) is 13.8 Å². The SMILES string of the molecule is Cc1cc2c3ccccc3n3c4cc(-c5c(C(C)C)cc(C(C)C)cc5C(C)C)cc5nc[n+](C)c(c(c1C)c23)c54. The number of rotatable bonds is 4. The average molecular weight is 539 g/mol. The molecular weight excluding hydrogens is 498 g/mol. The summed E-state index contributed by atoms with van der Waals surface area (Å²) in [6.07, 6.45) is 2.01. The summed E-state index contributed by atoms with van der Waals surface area (Å²) in [6, 6.07) is 21.0. The molecule has 0 saturated carbocycles. The number of aryl methyl sites for hydroxylation is 3. The van der Waals surface area contributed by atoms with E-state index in [2.05, 4.69) is 126 Å². The monoisotopic (exact) mass is 538 g/mol. The van der Waals surface area contributed by atoms with Gasteiger partial charge in [0.15, 0.2) is 5.52 Å². The van der Waals surface area contributed by atoms with Gasteiger partial charge < -0.3 is 4.40 Å². The summed E-state index contributed by atoms with van der Waals surface area (Å²) in [5, 5.41) is 5.20. The Hall–Kier alpha value is -3.98. The molecule has 3 heteroatoms. The largest absolute Gasteiger partial charge is 0.308 e. The molecule has 3 nitrogen and oxygen atoms in total. The minimum absolute atomic E-state index is 0.413. The molecule has 3 aromatic heterocycles. The molecule has 4 aromatic carbocycles. The van der Waals surface area contributed by atoms with E-state index in [0.29, 0.717) is 17.8 Å². The second-order valence-corrected chi connectivity index (χ2v) is 13.1. The van der Waals surface area contributed by atoms with Crippen molar-refractivity contribution < 1.29 is 4.57 Å². The highest BCUT2D eigenvalue weighted by molar-refractivity contribution is 6.26. The number of benzene rings is 4. The van der Waals surface area contributed by atoms with E-state index in [4.69, 9.17) is 4.98 Å². The molecule has 0 atom stereocenters. The maximum atomic E-state index is 5.07. The zero-order chi connectivity index (χ0) is 28.9. The molecule has 0 bridgehead atoms. The first kappa shape index (κ1) is 26.0. The first-order valence-electron chi connectivity index (χ1n) is 15.1. The number of hydrogen-bond acceptors (Lipinski definition) is 1. The Balaban J connectivity index is 1.75. The second kappa shape index (κ2) is 9.01. The summed E-state index contributed by atoms with van der Waals surface area (Å²) in [5.41, 5.74) is 15.7. The third-order valence-electron chi connectivity index (χ3n) is 9.43. The smallest absolute Gasteiger partial charge is 0.287 e. The van der Waals surface area contributed by atoms with E-state index in [0.717, 1.165) is 5.52 Å². The first-order valence-corrected chi connectivity index (χ1v) is 15.1. The minimum atomic E-state index is 0.413. The van der Waals surface area contributed by atoms with Gasteiger partial charge in [0.25, 0.3) is 6.33 Å². The normalized spacial score (nSPS) is 12.7. The minimum Gasteiger partial charge on any atom is -0.308 e. The van der Waals surface area contributed by atoms with Crippen molar-refractivity contribution >= 4 is 49.1 Å². The third kappa shape index (κ3) is 3.57. The van der Waals surface area contributed by atoms with Crippen molar-refractivity contribution in [2.75, 3.05) is 0 Å². The van der Waals surface area contributed by atoms with Gasteiger partial charge in [-0.25, -0.2) is 4.57 Å². The van der Waals surface area contributed by atoms with Gasteiger partial charge in [-0.15, -0.1) is 0 Å². The van der Waals surface area contributed by atoms with Gasteiger partial charge in [0, 0.05) is 10.8 Å². The van der Waals surface area contributed by atoms with E-state index in [9.17, 15) is 0 Å². The van der Waals surface area contributed by atoms with Crippen LogP contribution in [0.5, 0.6) is 0 Å². The van der Waals surface area contributed by atoms with Crippen molar-refractivity contribution in [3.63, 3.8) is 0 Å². The van der Waals surface area contributed by atoms with Crippen LogP contribution in [0.4, 0.5) is 0 Å². The highest BCUT2D eigenvalue weighted by atomic mass is 15.0. The standard InChI is InChI=1S/C38H40N3/c1-20(2)25-15-28(21(3)4)35(29(16-25)22(5)6)26-17-31-36-33(18-26)41-32-13-11-10-12-27(32)30-14-23(7)24(8)34(37(30)41)38(36)40(9)19-39-31/h10-22H,1-9H3/q+1. The number of para-hydroxylation sites is 1. The number of aromatic nitrogens is 3. The molecule has 0 fully saturated rings. The maximum Gasteiger partial charge on any atom is 0.287 e. The zero-order valence-electron chi connectivity index (χ0n) is 25.8. The zero-order valence-corrected chi connectivity index (χ0v) is 25.8. The van der Waals surface area contributed by atoms with Crippen LogP contribution in [0.2, 0.25) is 0 Å². The van der Waals surface area contributed by atoms with Gasteiger partial charge in [-0.3, -0.25) is 0 Å². The highest BCUT2D eigenvalue weighted by Gasteiger charge is 2.27. The Morgan fingerprint density at radius 1 is 0.732 bits per heavy atom. The Morgan fingerprint density at radius 2 is 1.41 bits per heavy atom. The van der Waals surface area contributed by atoms with Gasteiger partial charge in [0.2, 0.25) is 0 Å². The molecular formula is C38H40N3+. The Morgan fingerprint density at radius 3 is 2.07 bits per heavy atom. The van der Waals surface area contributed by atoms with E-state index >= 15 is 0 Å². The fourth-order valence-electron chi connectivity index (χ4n) is 7.15. The topological polar surface area (TPSA) is 21.2 Å². The lowest BCUT2D eigenvalue weighted by atomic mass is 9.81. The van der Waals surface area contributed by atoms with Crippen LogP contribution in [-0.2, 0) is 7.05 Å². The number of nitrogens with zero attached hydrogens (tertiary/aromatic N) is 3. The summed E-state index contributed by atoms with van der Waals surface area (Å²) in [5.74, 6) is 1.32. The quantitative estimate of drug-likeness (QED) is 0.124. The summed E-state index contributed by atoms with van der Waals surface area (Å²) < 4.78 is 4.75. The van der Waals surface area contributed by atoms with Crippen molar-refractivity contribution in [1.29, 1.82) is 0 Å². The summed E-state index contributed by atoms with van der Waals surface area (Å²) in [6.45, 7) is 18.5. The van der Waals surface area contributed by atoms with E-state index in [1.165, 1.54) is 82.6 Å². The fourth-order valence-corrected chi connectivity index (χ4v) is 7.15. The molecule has 0 aliphatic carbocycles. The van der Waals surface area contributed by atoms with E-state index in [-0.39, 0.29) is 0 Å². The molecule has 0 N–H and O–H groups in total. The highest BCUT2D eigenvalue weighted by Crippen LogP contribution is 2.45. The Kier molecular flexibility index (Phi) is 5.70. The van der Waals surface area contributed by atoms with Crippen LogP contribution < -0.4 is 4.57 Å². The van der Waals surface area contributed by atoms with E-state index in [1.807, 2.05) is 6.33 Å². The molecule has 0 spiro atoms. The lowest BCUT2D eigenvalue weighted by Crippen LogP contribution is -2.30. The van der Waals surface area contributed by atoms with Crippen LogP contribution in [-0.4, -0.2) is 9.38 Å². The van der Waals surface area contributed by atoms with Gasteiger partial charge in [-0.2, -0.15) is 0 Å². The van der Waals surface area contributed by atoms with E-state index in [1.54, 1.807) is 0 Å². The molecule has 0 unspecified atom stereocenters.